The molecule has 1 aromatic heterocycles. The number of aryl methyl sites for hydroxylation is 1. The van der Waals surface area contributed by atoms with Gasteiger partial charge in [-0.1, -0.05) is 31.2 Å². The minimum Gasteiger partial charge on any atom is -0.496 e. The van der Waals surface area contributed by atoms with Gasteiger partial charge in [-0.3, -0.25) is 0 Å². The Kier molecular flexibility index (Phi) is 5.24. The molecule has 3 rings (SSSR count). The van der Waals surface area contributed by atoms with Crippen LogP contribution in [0.5, 0.6) is 17.2 Å². The summed E-state index contributed by atoms with van der Waals surface area (Å²) in [5, 5.41) is 2.06. The molecular formula is C20H21NO3S. The van der Waals surface area contributed by atoms with Crippen LogP contribution in [0, 0.1) is 0 Å². The van der Waals surface area contributed by atoms with Crippen molar-refractivity contribution >= 4 is 11.5 Å². The maximum atomic E-state index is 5.57. The lowest BCUT2D eigenvalue weighted by atomic mass is 9.99. The summed E-state index contributed by atoms with van der Waals surface area (Å²) < 4.78 is 21.0. The van der Waals surface area contributed by atoms with Crippen LogP contribution in [-0.4, -0.2) is 25.7 Å². The maximum absolute atomic E-state index is 5.57. The molecule has 0 aliphatic heterocycles. The van der Waals surface area contributed by atoms with Crippen LogP contribution in [0.1, 0.15) is 12.5 Å². The van der Waals surface area contributed by atoms with Gasteiger partial charge < -0.3 is 14.2 Å². The molecule has 0 aliphatic rings. The van der Waals surface area contributed by atoms with E-state index in [0.29, 0.717) is 17.2 Å². The molecule has 0 saturated carbocycles. The molecule has 0 N–H and O–H groups in total. The van der Waals surface area contributed by atoms with Crippen molar-refractivity contribution in [3.63, 3.8) is 0 Å². The van der Waals surface area contributed by atoms with E-state index in [1.54, 1.807) is 21.3 Å². The maximum Gasteiger partial charge on any atom is 0.164 e. The largest absolute Gasteiger partial charge is 0.496 e. The zero-order chi connectivity index (χ0) is 17.8. The topological polar surface area (TPSA) is 40.6 Å². The highest BCUT2D eigenvalue weighted by Gasteiger charge is 2.18. The first-order chi connectivity index (χ1) is 12.2. The van der Waals surface area contributed by atoms with E-state index in [0.717, 1.165) is 28.8 Å². The van der Waals surface area contributed by atoms with Crippen LogP contribution in [0.2, 0.25) is 0 Å². The summed E-state index contributed by atoms with van der Waals surface area (Å²) in [6, 6.07) is 12.3. The summed E-state index contributed by atoms with van der Waals surface area (Å²) >= 11 is 1.43. The van der Waals surface area contributed by atoms with Gasteiger partial charge >= 0.3 is 0 Å². The Morgan fingerprint density at radius 1 is 0.840 bits per heavy atom. The zero-order valence-corrected chi connectivity index (χ0v) is 15.6. The van der Waals surface area contributed by atoms with Gasteiger partial charge in [0.05, 0.1) is 27.0 Å². The normalized spacial score (nSPS) is 10.6. The molecule has 0 bridgehead atoms. The zero-order valence-electron chi connectivity index (χ0n) is 14.8. The Bertz CT molecular complexity index is 856. The predicted octanol–water partition coefficient (Wildman–Crippen LogP) is 5.07. The number of hydrogen-bond donors (Lipinski definition) is 0. The first-order valence-electron chi connectivity index (χ1n) is 8.05. The van der Waals surface area contributed by atoms with Gasteiger partial charge in [0.15, 0.2) is 11.5 Å². The molecule has 5 heteroatoms. The molecule has 0 fully saturated rings. The number of hydrogen-bond acceptors (Lipinski definition) is 5. The number of methoxy groups -OCH3 is 3. The van der Waals surface area contributed by atoms with Crippen LogP contribution in [0.4, 0.5) is 0 Å². The number of ether oxygens (including phenoxy) is 3. The molecule has 130 valence electrons. The second-order valence-electron chi connectivity index (χ2n) is 5.53. The standard InChI is InChI=1S/C20H21NO3S/c1-5-13-6-8-14(9-7-13)16-12-25-21-20(16)15-10-18(23-3)19(24-4)11-17(15)22-2/h6-12H,5H2,1-4H3. The average Bonchev–Trinajstić information content (AvgIpc) is 3.16. The SMILES string of the molecule is CCc1ccc(-c2csnc2-c2cc(OC)c(OC)cc2OC)cc1. The van der Waals surface area contributed by atoms with Crippen LogP contribution >= 0.6 is 11.5 Å². The minimum absolute atomic E-state index is 0.632. The smallest absolute Gasteiger partial charge is 0.164 e. The molecule has 0 amide bonds. The van der Waals surface area contributed by atoms with Crippen LogP contribution in [-0.2, 0) is 6.42 Å². The summed E-state index contributed by atoms with van der Waals surface area (Å²) in [4.78, 5) is 0. The second-order valence-corrected chi connectivity index (χ2v) is 6.16. The molecule has 0 atom stereocenters. The molecular weight excluding hydrogens is 334 g/mol. The Hall–Kier alpha value is -2.53. The van der Waals surface area contributed by atoms with E-state index in [9.17, 15) is 0 Å². The number of nitrogens with zero attached hydrogens (tertiary/aromatic N) is 1. The van der Waals surface area contributed by atoms with Crippen molar-refractivity contribution in [2.45, 2.75) is 13.3 Å². The van der Waals surface area contributed by atoms with Gasteiger partial charge in [0, 0.05) is 22.6 Å². The quantitative estimate of drug-likeness (QED) is 0.619. The highest BCUT2D eigenvalue weighted by molar-refractivity contribution is 7.04. The molecule has 3 aromatic rings. The van der Waals surface area contributed by atoms with E-state index in [4.69, 9.17) is 14.2 Å². The Labute approximate surface area is 152 Å². The van der Waals surface area contributed by atoms with Crippen molar-refractivity contribution in [3.8, 4) is 39.6 Å². The van der Waals surface area contributed by atoms with E-state index >= 15 is 0 Å². The lowest BCUT2D eigenvalue weighted by Crippen LogP contribution is -1.95. The highest BCUT2D eigenvalue weighted by Crippen LogP contribution is 2.43. The molecule has 25 heavy (non-hydrogen) atoms. The van der Waals surface area contributed by atoms with E-state index in [1.807, 2.05) is 12.1 Å². The lowest BCUT2D eigenvalue weighted by Gasteiger charge is -2.14. The predicted molar refractivity (Wildman–Crippen MR) is 102 cm³/mol. The molecule has 0 spiro atoms. The summed E-state index contributed by atoms with van der Waals surface area (Å²) in [6.45, 7) is 2.15. The van der Waals surface area contributed by atoms with Crippen molar-refractivity contribution in [1.82, 2.24) is 4.37 Å². The van der Waals surface area contributed by atoms with E-state index in [2.05, 4.69) is 40.9 Å². The van der Waals surface area contributed by atoms with Gasteiger partial charge in [0.1, 0.15) is 5.75 Å². The first-order valence-corrected chi connectivity index (χ1v) is 8.89. The molecule has 0 aliphatic carbocycles. The summed E-state index contributed by atoms with van der Waals surface area (Å²) in [6.07, 6.45) is 1.03. The van der Waals surface area contributed by atoms with Crippen molar-refractivity contribution < 1.29 is 14.2 Å². The van der Waals surface area contributed by atoms with Gasteiger partial charge in [-0.2, -0.15) is 4.37 Å². The van der Waals surface area contributed by atoms with E-state index in [-0.39, 0.29) is 0 Å². The van der Waals surface area contributed by atoms with Crippen LogP contribution in [0.15, 0.2) is 41.8 Å². The van der Waals surface area contributed by atoms with Crippen molar-refractivity contribution in [2.75, 3.05) is 21.3 Å². The number of aromatic nitrogens is 1. The van der Waals surface area contributed by atoms with E-state index < -0.39 is 0 Å². The Balaban J connectivity index is 2.13. The Morgan fingerprint density at radius 2 is 1.48 bits per heavy atom. The van der Waals surface area contributed by atoms with Gasteiger partial charge in [0.25, 0.3) is 0 Å². The van der Waals surface area contributed by atoms with Crippen LogP contribution in [0.3, 0.4) is 0 Å². The van der Waals surface area contributed by atoms with Crippen molar-refractivity contribution in [1.29, 1.82) is 0 Å². The second kappa shape index (κ2) is 7.57. The van der Waals surface area contributed by atoms with Gasteiger partial charge in [-0.05, 0) is 35.1 Å². The fourth-order valence-electron chi connectivity index (χ4n) is 2.77. The lowest BCUT2D eigenvalue weighted by molar-refractivity contribution is 0.349. The van der Waals surface area contributed by atoms with Gasteiger partial charge in [0.2, 0.25) is 0 Å². The summed E-state index contributed by atoms with van der Waals surface area (Å²) in [7, 11) is 4.88. The number of rotatable bonds is 6. The average molecular weight is 355 g/mol. The third kappa shape index (κ3) is 3.33. The minimum atomic E-state index is 0.632. The monoisotopic (exact) mass is 355 g/mol. The van der Waals surface area contributed by atoms with Crippen LogP contribution in [0.25, 0.3) is 22.4 Å². The fourth-order valence-corrected chi connectivity index (χ4v) is 3.48. The molecule has 2 aromatic carbocycles. The van der Waals surface area contributed by atoms with Crippen molar-refractivity contribution in [2.24, 2.45) is 0 Å². The molecule has 0 radical (unpaired) electrons. The van der Waals surface area contributed by atoms with Gasteiger partial charge in [-0.25, -0.2) is 0 Å². The first kappa shape index (κ1) is 17.3. The summed E-state index contributed by atoms with van der Waals surface area (Å²) in [5.74, 6) is 1.99. The molecule has 0 saturated heterocycles. The third-order valence-corrected chi connectivity index (χ3v) is 4.83. The molecule has 4 nitrogen and oxygen atoms in total. The van der Waals surface area contributed by atoms with Gasteiger partial charge in [-0.15, -0.1) is 0 Å². The van der Waals surface area contributed by atoms with Crippen molar-refractivity contribution in [3.05, 3.63) is 47.3 Å². The Morgan fingerprint density at radius 3 is 2.08 bits per heavy atom. The van der Waals surface area contributed by atoms with E-state index in [1.165, 1.54) is 17.1 Å². The van der Waals surface area contributed by atoms with Crippen LogP contribution < -0.4 is 14.2 Å². The third-order valence-electron chi connectivity index (χ3n) is 4.20. The molecule has 1 heterocycles. The summed E-state index contributed by atoms with van der Waals surface area (Å²) in [5.41, 5.74) is 5.30. The fraction of sp³-hybridized carbons (Fsp3) is 0.250. The molecule has 0 unspecified atom stereocenters. The highest BCUT2D eigenvalue weighted by atomic mass is 32.1. The number of benzene rings is 2.